The molecule has 0 saturated heterocycles. The highest BCUT2D eigenvalue weighted by Gasteiger charge is 2.00. The van der Waals surface area contributed by atoms with Gasteiger partial charge in [0.15, 0.2) is 0 Å². The highest BCUT2D eigenvalue weighted by atomic mass is 14.9. The minimum Gasteiger partial charge on any atom is -0.657 e. The van der Waals surface area contributed by atoms with Crippen molar-refractivity contribution in [3.63, 3.8) is 0 Å². The summed E-state index contributed by atoms with van der Waals surface area (Å²) in [4.78, 5) is 0. The number of aryl methyl sites for hydroxylation is 3. The number of para-hydroxylation sites is 1. The minimum atomic E-state index is 1.02. The lowest BCUT2D eigenvalue weighted by molar-refractivity contribution is 1.33. The zero-order valence-electron chi connectivity index (χ0n) is 13.3. The number of hydrogen-bond donors (Lipinski definition) is 0. The molecule has 0 fully saturated rings. The Hall–Kier alpha value is -2.54. The molecular weight excluding hydrogens is 266 g/mol. The Morgan fingerprint density at radius 3 is 1.95 bits per heavy atom. The Labute approximate surface area is 132 Å². The highest BCUT2D eigenvalue weighted by Crippen LogP contribution is 2.41. The molecule has 1 nitrogen and oxygen atoms in total. The number of nitrogens with zero attached hydrogens (tertiary/aromatic N) is 1. The van der Waals surface area contributed by atoms with Crippen molar-refractivity contribution in [2.24, 2.45) is 0 Å². The summed E-state index contributed by atoms with van der Waals surface area (Å²) in [5.41, 5.74) is 8.19. The summed E-state index contributed by atoms with van der Waals surface area (Å²) < 4.78 is 0. The Bertz CT molecular complexity index is 765. The molecule has 22 heavy (non-hydrogen) atoms. The van der Waals surface area contributed by atoms with Gasteiger partial charge in [0.05, 0.1) is 0 Å². The first-order chi connectivity index (χ1) is 10.6. The molecule has 0 unspecified atom stereocenters. The van der Waals surface area contributed by atoms with Crippen molar-refractivity contribution in [1.29, 1.82) is 0 Å². The van der Waals surface area contributed by atoms with Crippen molar-refractivity contribution in [1.82, 2.24) is 0 Å². The summed E-state index contributed by atoms with van der Waals surface area (Å²) in [6.45, 7) is 6.38. The maximum absolute atomic E-state index is 4.96. The van der Waals surface area contributed by atoms with Crippen LogP contribution in [0.2, 0.25) is 0 Å². The van der Waals surface area contributed by atoms with E-state index in [0.29, 0.717) is 0 Å². The molecule has 0 aliphatic rings. The van der Waals surface area contributed by atoms with Crippen molar-refractivity contribution in [2.75, 3.05) is 0 Å². The molecule has 0 heterocycles. The summed E-state index contributed by atoms with van der Waals surface area (Å²) in [6, 6.07) is 23.1. The predicted octanol–water partition coefficient (Wildman–Crippen LogP) is 6.62. The molecule has 0 N–H and O–H groups in total. The SMILES string of the molecule is Cc1cc(C)c([N-]c2ccccc2-c2ccccc2)c(C)c1. The zero-order valence-corrected chi connectivity index (χ0v) is 13.3. The van der Waals surface area contributed by atoms with E-state index in [1.807, 2.05) is 12.1 Å². The predicted molar refractivity (Wildman–Crippen MR) is 95.2 cm³/mol. The van der Waals surface area contributed by atoms with Gasteiger partial charge in [0.1, 0.15) is 0 Å². The molecule has 3 rings (SSSR count). The number of rotatable bonds is 3. The van der Waals surface area contributed by atoms with Gasteiger partial charge >= 0.3 is 0 Å². The lowest BCUT2D eigenvalue weighted by Crippen LogP contribution is -1.86. The van der Waals surface area contributed by atoms with Crippen LogP contribution in [0.3, 0.4) is 0 Å². The molecule has 0 amide bonds. The second-order valence-corrected chi connectivity index (χ2v) is 5.74. The average molecular weight is 286 g/mol. The Morgan fingerprint density at radius 1 is 0.682 bits per heavy atom. The molecule has 0 radical (unpaired) electrons. The molecule has 0 atom stereocenters. The quantitative estimate of drug-likeness (QED) is 0.514. The van der Waals surface area contributed by atoms with Gasteiger partial charge in [-0.25, -0.2) is 0 Å². The topological polar surface area (TPSA) is 14.1 Å². The highest BCUT2D eigenvalue weighted by molar-refractivity contribution is 5.85. The van der Waals surface area contributed by atoms with E-state index in [1.165, 1.54) is 27.8 Å². The molecule has 110 valence electrons. The van der Waals surface area contributed by atoms with Crippen molar-refractivity contribution >= 4 is 11.4 Å². The number of hydrogen-bond acceptors (Lipinski definition) is 0. The second-order valence-electron chi connectivity index (χ2n) is 5.74. The van der Waals surface area contributed by atoms with Gasteiger partial charge in [0, 0.05) is 0 Å². The summed E-state index contributed by atoms with van der Waals surface area (Å²) in [6.07, 6.45) is 0. The van der Waals surface area contributed by atoms with Crippen molar-refractivity contribution in [3.05, 3.63) is 88.7 Å². The first-order valence-corrected chi connectivity index (χ1v) is 7.59. The lowest BCUT2D eigenvalue weighted by atomic mass is 10.0. The van der Waals surface area contributed by atoms with Crippen LogP contribution in [0, 0.1) is 20.8 Å². The Kier molecular flexibility index (Phi) is 3.97. The molecule has 0 aliphatic carbocycles. The van der Waals surface area contributed by atoms with E-state index >= 15 is 0 Å². The summed E-state index contributed by atoms with van der Waals surface area (Å²) >= 11 is 0. The van der Waals surface area contributed by atoms with Crippen molar-refractivity contribution < 1.29 is 0 Å². The fraction of sp³-hybridized carbons (Fsp3) is 0.143. The first-order valence-electron chi connectivity index (χ1n) is 7.59. The summed E-state index contributed by atoms with van der Waals surface area (Å²) in [5, 5.41) is 4.96. The smallest absolute Gasteiger partial charge is 0.0196 e. The molecule has 0 saturated carbocycles. The Balaban J connectivity index is 2.04. The molecule has 1 heteroatoms. The fourth-order valence-corrected chi connectivity index (χ4v) is 2.90. The Morgan fingerprint density at radius 2 is 1.27 bits per heavy atom. The molecule has 0 aliphatic heterocycles. The van der Waals surface area contributed by atoms with Crippen LogP contribution in [0.15, 0.2) is 66.7 Å². The fourth-order valence-electron chi connectivity index (χ4n) is 2.90. The molecule has 0 aromatic heterocycles. The summed E-state index contributed by atoms with van der Waals surface area (Å²) in [7, 11) is 0. The van der Waals surface area contributed by atoms with Gasteiger partial charge in [0.25, 0.3) is 0 Å². The maximum Gasteiger partial charge on any atom is -0.0196 e. The number of benzene rings is 3. The molecular formula is C21H20N-. The van der Waals surface area contributed by atoms with Crippen LogP contribution in [0.4, 0.5) is 11.4 Å². The average Bonchev–Trinajstić information content (AvgIpc) is 2.52. The van der Waals surface area contributed by atoms with E-state index in [4.69, 9.17) is 5.32 Å². The van der Waals surface area contributed by atoms with E-state index in [1.54, 1.807) is 0 Å². The van der Waals surface area contributed by atoms with Crippen LogP contribution in [-0.2, 0) is 0 Å². The molecule has 3 aromatic rings. The van der Waals surface area contributed by atoms with Crippen molar-refractivity contribution in [3.8, 4) is 11.1 Å². The molecule has 0 bridgehead atoms. The lowest BCUT2D eigenvalue weighted by Gasteiger charge is -2.30. The van der Waals surface area contributed by atoms with E-state index in [9.17, 15) is 0 Å². The van der Waals surface area contributed by atoms with Crippen LogP contribution >= 0.6 is 0 Å². The first kappa shape index (κ1) is 14.4. The van der Waals surface area contributed by atoms with E-state index < -0.39 is 0 Å². The van der Waals surface area contributed by atoms with Crippen molar-refractivity contribution in [2.45, 2.75) is 20.8 Å². The summed E-state index contributed by atoms with van der Waals surface area (Å²) in [5.74, 6) is 0. The van der Waals surface area contributed by atoms with Gasteiger partial charge in [-0.15, -0.1) is 11.4 Å². The zero-order chi connectivity index (χ0) is 15.5. The van der Waals surface area contributed by atoms with Gasteiger partial charge in [-0.1, -0.05) is 83.4 Å². The van der Waals surface area contributed by atoms with Gasteiger partial charge in [0.2, 0.25) is 0 Å². The van der Waals surface area contributed by atoms with Crippen LogP contribution in [-0.4, -0.2) is 0 Å². The van der Waals surface area contributed by atoms with E-state index in [-0.39, 0.29) is 0 Å². The van der Waals surface area contributed by atoms with E-state index in [2.05, 4.69) is 75.4 Å². The van der Waals surface area contributed by atoms with Crippen LogP contribution in [0.1, 0.15) is 16.7 Å². The third kappa shape index (κ3) is 2.89. The van der Waals surface area contributed by atoms with Crippen LogP contribution < -0.4 is 0 Å². The molecule has 3 aromatic carbocycles. The second kappa shape index (κ2) is 6.07. The van der Waals surface area contributed by atoms with E-state index in [0.717, 1.165) is 11.4 Å². The van der Waals surface area contributed by atoms with Gasteiger partial charge in [-0.05, 0) is 31.9 Å². The van der Waals surface area contributed by atoms with Gasteiger partial charge < -0.3 is 5.32 Å². The third-order valence-corrected chi connectivity index (χ3v) is 3.86. The monoisotopic (exact) mass is 286 g/mol. The molecule has 0 spiro atoms. The third-order valence-electron chi connectivity index (χ3n) is 3.86. The largest absolute Gasteiger partial charge is 0.657 e. The minimum absolute atomic E-state index is 1.02. The van der Waals surface area contributed by atoms with Gasteiger partial charge in [-0.3, -0.25) is 0 Å². The standard InChI is InChI=1S/C21H20N/c1-15-13-16(2)21(17(3)14-15)22-20-12-8-7-11-19(20)18-9-5-4-6-10-18/h4-14H,1-3H3/q-1. The van der Waals surface area contributed by atoms with Crippen LogP contribution in [0.5, 0.6) is 0 Å². The normalized spacial score (nSPS) is 10.5. The van der Waals surface area contributed by atoms with Crippen LogP contribution in [0.25, 0.3) is 16.4 Å². The van der Waals surface area contributed by atoms with Gasteiger partial charge in [-0.2, -0.15) is 0 Å². The maximum atomic E-state index is 4.96.